The Balaban J connectivity index is 1.53. The Morgan fingerprint density at radius 2 is 1.49 bits per heavy atom. The largest absolute Gasteiger partial charge is 0.292 e. The molecule has 180 valence electrons. The standard InChI is InChI=1S/C25H22ClN3O6/c1-13(22(30)14-4-8-18(26)9-5-14)27(23(31)15-6-10-19(11-7-15)29(34)35)28-24(32)20-16-2-3-17(12-16)21(20)25(28)33/h4-11,13,16-17,20-21H,2-3,12H2,1H3/t13-,16-,17-,20-,21+/m0/s1. The molecule has 3 amide bonds. The van der Waals surface area contributed by atoms with E-state index in [0.29, 0.717) is 5.02 Å². The van der Waals surface area contributed by atoms with E-state index in [1.54, 1.807) is 0 Å². The highest BCUT2D eigenvalue weighted by atomic mass is 35.5. The molecule has 2 aromatic carbocycles. The molecule has 9 nitrogen and oxygen atoms in total. The van der Waals surface area contributed by atoms with Crippen LogP contribution in [-0.2, 0) is 9.59 Å². The van der Waals surface area contributed by atoms with Crippen LogP contribution in [0.5, 0.6) is 0 Å². The second-order valence-electron chi connectivity index (χ2n) is 9.37. The lowest BCUT2D eigenvalue weighted by Gasteiger charge is -2.35. The van der Waals surface area contributed by atoms with Gasteiger partial charge in [0.2, 0.25) is 0 Å². The Morgan fingerprint density at radius 1 is 0.971 bits per heavy atom. The molecule has 0 aromatic heterocycles. The topological polar surface area (TPSA) is 118 Å². The summed E-state index contributed by atoms with van der Waals surface area (Å²) in [4.78, 5) is 64.5. The molecule has 5 rings (SSSR count). The first-order chi connectivity index (χ1) is 16.7. The van der Waals surface area contributed by atoms with E-state index in [2.05, 4.69) is 0 Å². The van der Waals surface area contributed by atoms with Crippen molar-refractivity contribution in [2.24, 2.45) is 23.7 Å². The molecule has 0 unspecified atom stereocenters. The summed E-state index contributed by atoms with van der Waals surface area (Å²) in [5, 5.41) is 13.3. The fourth-order valence-electron chi connectivity index (χ4n) is 5.87. The van der Waals surface area contributed by atoms with Gasteiger partial charge in [-0.25, -0.2) is 5.01 Å². The minimum Gasteiger partial charge on any atom is -0.292 e. The number of Topliss-reactive ketones (excluding diaryl/α,β-unsaturated/α-hetero) is 1. The quantitative estimate of drug-likeness (QED) is 0.259. The number of benzene rings is 2. The maximum absolute atomic E-state index is 13.7. The summed E-state index contributed by atoms with van der Waals surface area (Å²) < 4.78 is 0. The van der Waals surface area contributed by atoms with Gasteiger partial charge in [0.1, 0.15) is 6.04 Å². The van der Waals surface area contributed by atoms with Gasteiger partial charge >= 0.3 is 0 Å². The van der Waals surface area contributed by atoms with Crippen LogP contribution in [0.1, 0.15) is 46.9 Å². The molecular formula is C25H22ClN3O6. The third-order valence-electron chi connectivity index (χ3n) is 7.53. The highest BCUT2D eigenvalue weighted by Gasteiger charge is 2.63. The monoisotopic (exact) mass is 495 g/mol. The number of imide groups is 1. The zero-order valence-electron chi connectivity index (χ0n) is 18.8. The van der Waals surface area contributed by atoms with Crippen molar-refractivity contribution in [1.29, 1.82) is 0 Å². The number of hydrogen-bond donors (Lipinski definition) is 0. The van der Waals surface area contributed by atoms with E-state index in [-0.39, 0.29) is 28.7 Å². The molecule has 3 aliphatic rings. The molecule has 2 aliphatic carbocycles. The van der Waals surface area contributed by atoms with Gasteiger partial charge in [-0.05, 0) is 74.4 Å². The third-order valence-corrected chi connectivity index (χ3v) is 7.78. The van der Waals surface area contributed by atoms with Crippen LogP contribution in [-0.4, -0.2) is 44.5 Å². The number of hydrazine groups is 1. The minimum atomic E-state index is -1.19. The highest BCUT2D eigenvalue weighted by Crippen LogP contribution is 2.56. The SMILES string of the molecule is C[C@@H](C(=O)c1ccc(Cl)cc1)N(C(=O)c1ccc([N+](=O)[O-])cc1)N1C(=O)[C@@H]2[C@H]3CC[C@@H](C3)[C@@H]2C1=O. The summed E-state index contributed by atoms with van der Waals surface area (Å²) in [7, 11) is 0. The lowest BCUT2D eigenvalue weighted by Crippen LogP contribution is -2.56. The Hall–Kier alpha value is -3.59. The van der Waals surface area contributed by atoms with Gasteiger partial charge in [0.05, 0.1) is 16.8 Å². The summed E-state index contributed by atoms with van der Waals surface area (Å²) in [6, 6.07) is 9.75. The highest BCUT2D eigenvalue weighted by molar-refractivity contribution is 6.30. The van der Waals surface area contributed by atoms with E-state index in [0.717, 1.165) is 29.3 Å². The van der Waals surface area contributed by atoms with Gasteiger partial charge in [0, 0.05) is 28.3 Å². The predicted molar refractivity (Wildman–Crippen MR) is 124 cm³/mol. The number of nitro groups is 1. The fraction of sp³-hybridized carbons (Fsp3) is 0.360. The van der Waals surface area contributed by atoms with Crippen LogP contribution in [0.4, 0.5) is 5.69 Å². The van der Waals surface area contributed by atoms with Crippen molar-refractivity contribution in [1.82, 2.24) is 10.0 Å². The maximum Gasteiger partial charge on any atom is 0.273 e. The summed E-state index contributed by atoms with van der Waals surface area (Å²) in [5.74, 6) is -2.91. The zero-order valence-corrected chi connectivity index (χ0v) is 19.6. The number of ketones is 1. The Kier molecular flexibility index (Phi) is 5.67. The van der Waals surface area contributed by atoms with Crippen molar-refractivity contribution >= 4 is 40.8 Å². The summed E-state index contributed by atoms with van der Waals surface area (Å²) in [6.45, 7) is 1.46. The van der Waals surface area contributed by atoms with Crippen molar-refractivity contribution in [3.8, 4) is 0 Å². The molecular weight excluding hydrogens is 474 g/mol. The first kappa shape index (κ1) is 23.2. The number of nitrogens with zero attached hydrogens (tertiary/aromatic N) is 3. The van der Waals surface area contributed by atoms with Gasteiger partial charge < -0.3 is 0 Å². The second-order valence-corrected chi connectivity index (χ2v) is 9.81. The van der Waals surface area contributed by atoms with Crippen molar-refractivity contribution in [3.05, 3.63) is 74.8 Å². The molecule has 2 bridgehead atoms. The van der Waals surface area contributed by atoms with E-state index in [4.69, 9.17) is 11.6 Å². The normalized spacial score (nSPS) is 25.5. The number of fused-ring (bicyclic) bond motifs is 5. The number of carbonyl (C=O) groups is 4. The first-order valence-corrected chi connectivity index (χ1v) is 11.8. The Bertz CT molecular complexity index is 1220. The van der Waals surface area contributed by atoms with Gasteiger partial charge in [-0.2, -0.15) is 5.01 Å². The van der Waals surface area contributed by atoms with Crippen molar-refractivity contribution < 1.29 is 24.1 Å². The van der Waals surface area contributed by atoms with Crippen LogP contribution in [0, 0.1) is 33.8 Å². The minimum absolute atomic E-state index is 0.0204. The smallest absolute Gasteiger partial charge is 0.273 e. The van der Waals surface area contributed by atoms with E-state index in [1.807, 2.05) is 0 Å². The van der Waals surface area contributed by atoms with Crippen molar-refractivity contribution in [3.63, 3.8) is 0 Å². The fourth-order valence-corrected chi connectivity index (χ4v) is 6.00. The lowest BCUT2D eigenvalue weighted by molar-refractivity contribution is -0.384. The first-order valence-electron chi connectivity index (χ1n) is 11.4. The number of rotatable bonds is 6. The van der Waals surface area contributed by atoms with E-state index >= 15 is 0 Å². The van der Waals surface area contributed by atoms with Gasteiger partial charge in [0.15, 0.2) is 5.78 Å². The molecule has 2 aromatic rings. The van der Waals surface area contributed by atoms with Crippen LogP contribution in [0.3, 0.4) is 0 Å². The zero-order chi connectivity index (χ0) is 25.0. The molecule has 0 spiro atoms. The number of hydrogen-bond acceptors (Lipinski definition) is 6. The summed E-state index contributed by atoms with van der Waals surface area (Å²) in [5.41, 5.74) is 0.0765. The molecule has 2 saturated carbocycles. The molecule has 35 heavy (non-hydrogen) atoms. The third kappa shape index (κ3) is 3.70. The molecule has 1 aliphatic heterocycles. The second kappa shape index (κ2) is 8.57. The van der Waals surface area contributed by atoms with E-state index in [1.165, 1.54) is 55.5 Å². The number of non-ortho nitro benzene ring substituents is 1. The average Bonchev–Trinajstić information content (AvgIpc) is 3.54. The van der Waals surface area contributed by atoms with E-state index < -0.39 is 46.3 Å². The summed E-state index contributed by atoms with van der Waals surface area (Å²) in [6.07, 6.45) is 2.57. The Morgan fingerprint density at radius 3 is 2.00 bits per heavy atom. The van der Waals surface area contributed by atoms with Crippen LogP contribution in [0.25, 0.3) is 0 Å². The van der Waals surface area contributed by atoms with Crippen molar-refractivity contribution in [2.75, 3.05) is 0 Å². The Labute approximate surface area is 205 Å². The number of halogens is 1. The molecule has 5 atom stereocenters. The number of carbonyl (C=O) groups excluding carboxylic acids is 4. The molecule has 1 heterocycles. The van der Waals surface area contributed by atoms with Crippen LogP contribution in [0.15, 0.2) is 48.5 Å². The molecule has 3 fully saturated rings. The average molecular weight is 496 g/mol. The van der Waals surface area contributed by atoms with Crippen LogP contribution < -0.4 is 0 Å². The molecule has 0 N–H and O–H groups in total. The van der Waals surface area contributed by atoms with Crippen LogP contribution >= 0.6 is 11.6 Å². The lowest BCUT2D eigenvalue weighted by atomic mass is 9.81. The predicted octanol–water partition coefficient (Wildman–Crippen LogP) is 3.91. The number of nitro benzene ring substituents is 1. The van der Waals surface area contributed by atoms with Gasteiger partial charge in [0.25, 0.3) is 23.4 Å². The molecule has 0 radical (unpaired) electrons. The van der Waals surface area contributed by atoms with Crippen molar-refractivity contribution in [2.45, 2.75) is 32.2 Å². The van der Waals surface area contributed by atoms with Gasteiger partial charge in [-0.1, -0.05) is 11.6 Å². The van der Waals surface area contributed by atoms with Gasteiger partial charge in [-0.15, -0.1) is 0 Å². The van der Waals surface area contributed by atoms with Crippen LogP contribution in [0.2, 0.25) is 5.02 Å². The number of amides is 3. The van der Waals surface area contributed by atoms with E-state index in [9.17, 15) is 29.3 Å². The molecule has 10 heteroatoms. The maximum atomic E-state index is 13.7. The molecule has 1 saturated heterocycles. The van der Waals surface area contributed by atoms with Gasteiger partial charge in [-0.3, -0.25) is 29.3 Å². The summed E-state index contributed by atoms with van der Waals surface area (Å²) >= 11 is 5.93.